The predicted octanol–water partition coefficient (Wildman–Crippen LogP) is 2.79. The summed E-state index contributed by atoms with van der Waals surface area (Å²) in [4.78, 5) is 6.66. The molecule has 1 aliphatic rings. The van der Waals surface area contributed by atoms with Crippen molar-refractivity contribution in [2.75, 3.05) is 37.5 Å². The number of ether oxygens (including phenoxy) is 2. The number of nitrogens with one attached hydrogen (secondary N) is 1. The van der Waals surface area contributed by atoms with Gasteiger partial charge in [0.2, 0.25) is 0 Å². The number of nitrogens with zero attached hydrogens (tertiary/aromatic N) is 2. The maximum Gasteiger partial charge on any atom is 0.126 e. The molecule has 0 aliphatic carbocycles. The zero-order chi connectivity index (χ0) is 15.4. The first-order chi connectivity index (χ1) is 10.8. The van der Waals surface area contributed by atoms with Crippen molar-refractivity contribution in [1.29, 1.82) is 0 Å². The Bertz CT molecular complexity index is 596. The summed E-state index contributed by atoms with van der Waals surface area (Å²) in [5.41, 5.74) is 1.13. The van der Waals surface area contributed by atoms with E-state index in [1.807, 2.05) is 42.6 Å². The highest BCUT2D eigenvalue weighted by molar-refractivity contribution is 5.57. The number of anilines is 2. The molecule has 116 valence electrons. The van der Waals surface area contributed by atoms with E-state index < -0.39 is 0 Å². The van der Waals surface area contributed by atoms with E-state index in [4.69, 9.17) is 9.47 Å². The standard InChI is InChI=1S/C17H21N3O2/c1-21-15-9-14(10-16(11-15)22-2)20-8-6-13(12-20)19-17-5-3-4-7-18-17/h3-5,7,9-11,13H,6,8,12H2,1-2H3,(H,18,19)/t13-/m0/s1. The van der Waals surface area contributed by atoms with Gasteiger partial charge in [0.15, 0.2) is 0 Å². The Kier molecular flexibility index (Phi) is 4.32. The van der Waals surface area contributed by atoms with Crippen molar-refractivity contribution < 1.29 is 9.47 Å². The lowest BCUT2D eigenvalue weighted by Gasteiger charge is -2.20. The van der Waals surface area contributed by atoms with Gasteiger partial charge in [-0.3, -0.25) is 0 Å². The lowest BCUT2D eigenvalue weighted by atomic mass is 10.2. The molecule has 1 aliphatic heterocycles. The van der Waals surface area contributed by atoms with E-state index in [0.29, 0.717) is 6.04 Å². The van der Waals surface area contributed by atoms with Crippen molar-refractivity contribution in [3.05, 3.63) is 42.6 Å². The highest BCUT2D eigenvalue weighted by atomic mass is 16.5. The molecule has 1 N–H and O–H groups in total. The fourth-order valence-corrected chi connectivity index (χ4v) is 2.74. The molecule has 0 saturated carbocycles. The van der Waals surface area contributed by atoms with Crippen LogP contribution in [0.25, 0.3) is 0 Å². The van der Waals surface area contributed by atoms with Gasteiger partial charge in [0.25, 0.3) is 0 Å². The van der Waals surface area contributed by atoms with E-state index in [2.05, 4.69) is 15.2 Å². The molecule has 2 aromatic rings. The van der Waals surface area contributed by atoms with Crippen LogP contribution in [0.2, 0.25) is 0 Å². The van der Waals surface area contributed by atoms with E-state index in [1.165, 1.54) is 0 Å². The van der Waals surface area contributed by atoms with Gasteiger partial charge in [0.05, 0.1) is 14.2 Å². The second-order valence-corrected chi connectivity index (χ2v) is 5.36. The number of benzene rings is 1. The van der Waals surface area contributed by atoms with Crippen molar-refractivity contribution in [2.45, 2.75) is 12.5 Å². The summed E-state index contributed by atoms with van der Waals surface area (Å²) >= 11 is 0. The molecule has 0 unspecified atom stereocenters. The molecular formula is C17H21N3O2. The second-order valence-electron chi connectivity index (χ2n) is 5.36. The molecule has 5 nitrogen and oxygen atoms in total. The van der Waals surface area contributed by atoms with Crippen LogP contribution in [0.4, 0.5) is 11.5 Å². The van der Waals surface area contributed by atoms with Crippen molar-refractivity contribution in [2.24, 2.45) is 0 Å². The predicted molar refractivity (Wildman–Crippen MR) is 88.0 cm³/mol. The van der Waals surface area contributed by atoms with E-state index in [0.717, 1.165) is 42.5 Å². The summed E-state index contributed by atoms with van der Waals surface area (Å²) in [6.45, 7) is 1.94. The fraction of sp³-hybridized carbons (Fsp3) is 0.353. The molecule has 1 aromatic carbocycles. The zero-order valence-electron chi connectivity index (χ0n) is 13.0. The molecule has 0 bridgehead atoms. The molecular weight excluding hydrogens is 278 g/mol. The minimum Gasteiger partial charge on any atom is -0.497 e. The lowest BCUT2D eigenvalue weighted by molar-refractivity contribution is 0.394. The first-order valence-electron chi connectivity index (χ1n) is 7.44. The molecule has 1 saturated heterocycles. The molecule has 0 spiro atoms. The first-order valence-corrected chi connectivity index (χ1v) is 7.44. The van der Waals surface area contributed by atoms with Gasteiger partial charge in [0, 0.05) is 49.2 Å². The monoisotopic (exact) mass is 299 g/mol. The summed E-state index contributed by atoms with van der Waals surface area (Å²) < 4.78 is 10.7. The maximum absolute atomic E-state index is 5.35. The third-order valence-electron chi connectivity index (χ3n) is 3.91. The number of aromatic nitrogens is 1. The summed E-state index contributed by atoms with van der Waals surface area (Å²) in [6.07, 6.45) is 2.89. The van der Waals surface area contributed by atoms with Crippen molar-refractivity contribution in [3.63, 3.8) is 0 Å². The SMILES string of the molecule is COc1cc(OC)cc(N2CC[C@H](Nc3ccccn3)C2)c1. The fourth-order valence-electron chi connectivity index (χ4n) is 2.74. The number of pyridine rings is 1. The van der Waals surface area contributed by atoms with E-state index in [9.17, 15) is 0 Å². The van der Waals surface area contributed by atoms with Crippen LogP contribution in [0, 0.1) is 0 Å². The van der Waals surface area contributed by atoms with Gasteiger partial charge in [-0.1, -0.05) is 6.07 Å². The second kappa shape index (κ2) is 6.56. The first kappa shape index (κ1) is 14.5. The average molecular weight is 299 g/mol. The van der Waals surface area contributed by atoms with Crippen LogP contribution in [0.15, 0.2) is 42.6 Å². The van der Waals surface area contributed by atoms with Crippen molar-refractivity contribution in [1.82, 2.24) is 4.98 Å². The molecule has 1 fully saturated rings. The quantitative estimate of drug-likeness (QED) is 0.920. The van der Waals surface area contributed by atoms with Gasteiger partial charge in [-0.25, -0.2) is 4.98 Å². The highest BCUT2D eigenvalue weighted by Gasteiger charge is 2.23. The zero-order valence-corrected chi connectivity index (χ0v) is 13.0. The number of hydrogen-bond acceptors (Lipinski definition) is 5. The molecule has 3 rings (SSSR count). The van der Waals surface area contributed by atoms with E-state index in [1.54, 1.807) is 14.2 Å². The van der Waals surface area contributed by atoms with Crippen LogP contribution in [0.1, 0.15) is 6.42 Å². The Balaban J connectivity index is 1.69. The van der Waals surface area contributed by atoms with Gasteiger partial charge in [-0.15, -0.1) is 0 Å². The minimum absolute atomic E-state index is 0.395. The molecule has 22 heavy (non-hydrogen) atoms. The van der Waals surface area contributed by atoms with Gasteiger partial charge in [-0.05, 0) is 18.6 Å². The van der Waals surface area contributed by atoms with Crippen LogP contribution in [-0.2, 0) is 0 Å². The molecule has 2 heterocycles. The summed E-state index contributed by atoms with van der Waals surface area (Å²) in [5.74, 6) is 2.56. The Morgan fingerprint density at radius 3 is 2.55 bits per heavy atom. The van der Waals surface area contributed by atoms with E-state index in [-0.39, 0.29) is 0 Å². The van der Waals surface area contributed by atoms with Gasteiger partial charge in [0.1, 0.15) is 17.3 Å². The topological polar surface area (TPSA) is 46.6 Å². The smallest absolute Gasteiger partial charge is 0.126 e. The average Bonchev–Trinajstić information content (AvgIpc) is 3.03. The molecule has 0 amide bonds. The normalized spacial score (nSPS) is 17.4. The van der Waals surface area contributed by atoms with Crippen LogP contribution in [0.5, 0.6) is 11.5 Å². The Hall–Kier alpha value is -2.43. The molecule has 1 aromatic heterocycles. The number of methoxy groups -OCH3 is 2. The summed E-state index contributed by atoms with van der Waals surface area (Å²) in [7, 11) is 3.35. The number of rotatable bonds is 5. The lowest BCUT2D eigenvalue weighted by Crippen LogP contribution is -2.26. The molecule has 0 radical (unpaired) electrons. The van der Waals surface area contributed by atoms with Crippen molar-refractivity contribution in [3.8, 4) is 11.5 Å². The molecule has 1 atom stereocenters. The summed E-state index contributed by atoms with van der Waals surface area (Å²) in [5, 5.41) is 3.48. The van der Waals surface area contributed by atoms with Crippen molar-refractivity contribution >= 4 is 11.5 Å². The van der Waals surface area contributed by atoms with E-state index >= 15 is 0 Å². The van der Waals surface area contributed by atoms with Gasteiger partial charge < -0.3 is 19.7 Å². The highest BCUT2D eigenvalue weighted by Crippen LogP contribution is 2.30. The van der Waals surface area contributed by atoms with Crippen LogP contribution in [-0.4, -0.2) is 38.3 Å². The maximum atomic E-state index is 5.35. The Morgan fingerprint density at radius 1 is 1.14 bits per heavy atom. The van der Waals surface area contributed by atoms with Crippen LogP contribution < -0.4 is 19.7 Å². The Labute approximate surface area is 130 Å². The summed E-state index contributed by atoms with van der Waals surface area (Å²) in [6, 6.07) is 12.3. The largest absolute Gasteiger partial charge is 0.497 e. The third-order valence-corrected chi connectivity index (χ3v) is 3.91. The molecule has 5 heteroatoms. The third kappa shape index (κ3) is 3.24. The van der Waals surface area contributed by atoms with Gasteiger partial charge >= 0.3 is 0 Å². The number of hydrogen-bond donors (Lipinski definition) is 1. The van der Waals surface area contributed by atoms with Crippen LogP contribution in [0.3, 0.4) is 0 Å². The minimum atomic E-state index is 0.395. The van der Waals surface area contributed by atoms with Gasteiger partial charge in [-0.2, -0.15) is 0 Å². The van der Waals surface area contributed by atoms with Crippen LogP contribution >= 0.6 is 0 Å². The Morgan fingerprint density at radius 2 is 1.91 bits per heavy atom.